The van der Waals surface area contributed by atoms with E-state index in [-0.39, 0.29) is 12.4 Å². The van der Waals surface area contributed by atoms with E-state index >= 15 is 0 Å². The number of aliphatic hydroxyl groups excluding tert-OH is 1. The van der Waals surface area contributed by atoms with Gasteiger partial charge in [0.25, 0.3) is 0 Å². The van der Waals surface area contributed by atoms with Crippen LogP contribution in [0.4, 0.5) is 4.39 Å². The van der Waals surface area contributed by atoms with E-state index in [4.69, 9.17) is 5.11 Å². The summed E-state index contributed by atoms with van der Waals surface area (Å²) in [6.45, 7) is 4.51. The van der Waals surface area contributed by atoms with Gasteiger partial charge < -0.3 is 10.2 Å². The van der Waals surface area contributed by atoms with E-state index < -0.39 is 5.60 Å². The van der Waals surface area contributed by atoms with Crippen molar-refractivity contribution in [2.75, 3.05) is 20.2 Å². The molecule has 0 fully saturated rings. The molecule has 110 valence electrons. The topological polar surface area (TPSA) is 43.7 Å². The molecule has 2 N–H and O–H groups in total. The van der Waals surface area contributed by atoms with Crippen LogP contribution in [0.1, 0.15) is 31.4 Å². The van der Waals surface area contributed by atoms with Gasteiger partial charge in [-0.25, -0.2) is 4.39 Å². The number of halogens is 1. The summed E-state index contributed by atoms with van der Waals surface area (Å²) in [5.41, 5.74) is 0.626. The van der Waals surface area contributed by atoms with Gasteiger partial charge in [0.1, 0.15) is 5.82 Å². The lowest BCUT2D eigenvalue weighted by molar-refractivity contribution is 0.0425. The van der Waals surface area contributed by atoms with Gasteiger partial charge in [-0.2, -0.15) is 0 Å². The standard InChI is InChI=1S/C16H22FNO2/c1-16(2,20)12-18(3)11-14-8-13(6-4-5-7-19)9-15(17)10-14/h8-10,19-20H,5,7,11-12H2,1-3H3. The molecular formula is C16H22FNO2. The van der Waals surface area contributed by atoms with Crippen molar-refractivity contribution in [1.82, 2.24) is 4.90 Å². The highest BCUT2D eigenvalue weighted by molar-refractivity contribution is 5.37. The number of hydrogen-bond donors (Lipinski definition) is 2. The first-order chi connectivity index (χ1) is 9.30. The molecule has 0 radical (unpaired) electrons. The number of rotatable bonds is 5. The van der Waals surface area contributed by atoms with Gasteiger partial charge in [-0.3, -0.25) is 4.90 Å². The third-order valence-corrected chi connectivity index (χ3v) is 2.54. The molecule has 0 aliphatic heterocycles. The van der Waals surface area contributed by atoms with Crippen LogP contribution >= 0.6 is 0 Å². The summed E-state index contributed by atoms with van der Waals surface area (Å²) in [5.74, 6) is 5.28. The quantitative estimate of drug-likeness (QED) is 0.807. The molecule has 1 rings (SSSR count). The van der Waals surface area contributed by atoms with Crippen LogP contribution in [0.25, 0.3) is 0 Å². The van der Waals surface area contributed by atoms with E-state index in [1.165, 1.54) is 12.1 Å². The third-order valence-electron chi connectivity index (χ3n) is 2.54. The highest BCUT2D eigenvalue weighted by atomic mass is 19.1. The molecule has 20 heavy (non-hydrogen) atoms. The van der Waals surface area contributed by atoms with E-state index in [0.29, 0.717) is 25.1 Å². The van der Waals surface area contributed by atoms with Gasteiger partial charge in [0, 0.05) is 25.1 Å². The maximum Gasteiger partial charge on any atom is 0.124 e. The summed E-state index contributed by atoms with van der Waals surface area (Å²) in [7, 11) is 1.87. The third kappa shape index (κ3) is 6.67. The van der Waals surface area contributed by atoms with E-state index in [1.807, 2.05) is 18.0 Å². The first kappa shape index (κ1) is 16.6. The summed E-state index contributed by atoms with van der Waals surface area (Å²) in [6, 6.07) is 4.68. The second-order valence-electron chi connectivity index (χ2n) is 5.61. The highest BCUT2D eigenvalue weighted by Gasteiger charge is 2.15. The lowest BCUT2D eigenvalue weighted by Gasteiger charge is -2.25. The Bertz CT molecular complexity index is 497. The van der Waals surface area contributed by atoms with Crippen molar-refractivity contribution in [2.24, 2.45) is 0 Å². The first-order valence-electron chi connectivity index (χ1n) is 6.60. The zero-order valence-corrected chi connectivity index (χ0v) is 12.3. The Morgan fingerprint density at radius 1 is 1.30 bits per heavy atom. The number of aliphatic hydroxyl groups is 2. The smallest absolute Gasteiger partial charge is 0.124 e. The zero-order chi connectivity index (χ0) is 15.2. The molecule has 0 unspecified atom stereocenters. The monoisotopic (exact) mass is 279 g/mol. The Hall–Kier alpha value is -1.41. The Morgan fingerprint density at radius 2 is 2.00 bits per heavy atom. The van der Waals surface area contributed by atoms with Gasteiger partial charge in [-0.1, -0.05) is 11.8 Å². The van der Waals surface area contributed by atoms with Crippen LogP contribution in [0.5, 0.6) is 0 Å². The fourth-order valence-electron chi connectivity index (χ4n) is 2.06. The summed E-state index contributed by atoms with van der Waals surface area (Å²) in [4.78, 5) is 1.93. The van der Waals surface area contributed by atoms with Crippen LogP contribution < -0.4 is 0 Å². The molecule has 0 saturated heterocycles. The Morgan fingerprint density at radius 3 is 2.60 bits per heavy atom. The van der Waals surface area contributed by atoms with Crippen molar-refractivity contribution >= 4 is 0 Å². The van der Waals surface area contributed by atoms with Crippen molar-refractivity contribution in [3.8, 4) is 11.8 Å². The predicted octanol–water partition coefficient (Wildman–Crippen LogP) is 1.76. The lowest BCUT2D eigenvalue weighted by atomic mass is 10.1. The Kier molecular flexibility index (Phi) is 6.15. The fourth-order valence-corrected chi connectivity index (χ4v) is 2.06. The number of hydrogen-bond acceptors (Lipinski definition) is 3. The highest BCUT2D eigenvalue weighted by Crippen LogP contribution is 2.12. The van der Waals surface area contributed by atoms with Crippen molar-refractivity contribution in [1.29, 1.82) is 0 Å². The van der Waals surface area contributed by atoms with Crippen LogP contribution in [0.3, 0.4) is 0 Å². The zero-order valence-electron chi connectivity index (χ0n) is 12.3. The van der Waals surface area contributed by atoms with Crippen molar-refractivity contribution in [3.63, 3.8) is 0 Å². The molecule has 0 bridgehead atoms. The fraction of sp³-hybridized carbons (Fsp3) is 0.500. The van der Waals surface area contributed by atoms with Crippen LogP contribution in [0.2, 0.25) is 0 Å². The van der Waals surface area contributed by atoms with Gasteiger partial charge in [0.15, 0.2) is 0 Å². The molecule has 0 amide bonds. The molecule has 0 aliphatic rings. The van der Waals surface area contributed by atoms with Crippen molar-refractivity contribution in [3.05, 3.63) is 35.1 Å². The van der Waals surface area contributed by atoms with Gasteiger partial charge in [-0.15, -0.1) is 0 Å². The second kappa shape index (κ2) is 7.39. The van der Waals surface area contributed by atoms with E-state index in [9.17, 15) is 9.50 Å². The molecule has 0 atom stereocenters. The van der Waals surface area contributed by atoms with E-state index in [2.05, 4.69) is 11.8 Å². The molecule has 1 aromatic rings. The van der Waals surface area contributed by atoms with Gasteiger partial charge in [0.2, 0.25) is 0 Å². The number of likely N-dealkylation sites (N-methyl/N-ethyl adjacent to an activating group) is 1. The molecule has 3 nitrogen and oxygen atoms in total. The number of nitrogens with zero attached hydrogens (tertiary/aromatic N) is 1. The Balaban J connectivity index is 2.78. The molecule has 0 aliphatic carbocycles. The number of benzene rings is 1. The van der Waals surface area contributed by atoms with Crippen LogP contribution in [-0.4, -0.2) is 40.9 Å². The summed E-state index contributed by atoms with van der Waals surface area (Å²) < 4.78 is 13.5. The largest absolute Gasteiger partial charge is 0.395 e. The minimum Gasteiger partial charge on any atom is -0.395 e. The van der Waals surface area contributed by atoms with Crippen molar-refractivity contribution < 1.29 is 14.6 Å². The minimum atomic E-state index is -0.786. The summed E-state index contributed by atoms with van der Waals surface area (Å²) >= 11 is 0. The van der Waals surface area contributed by atoms with Gasteiger partial charge >= 0.3 is 0 Å². The predicted molar refractivity (Wildman–Crippen MR) is 77.6 cm³/mol. The minimum absolute atomic E-state index is 0.00347. The van der Waals surface area contributed by atoms with Gasteiger partial charge in [0.05, 0.1) is 12.2 Å². The van der Waals surface area contributed by atoms with E-state index in [1.54, 1.807) is 13.8 Å². The normalized spacial score (nSPS) is 11.3. The average molecular weight is 279 g/mol. The second-order valence-corrected chi connectivity index (χ2v) is 5.61. The lowest BCUT2D eigenvalue weighted by Crippen LogP contribution is -2.35. The van der Waals surface area contributed by atoms with Gasteiger partial charge in [-0.05, 0) is 44.7 Å². The maximum atomic E-state index is 13.5. The molecule has 0 spiro atoms. The molecule has 0 heterocycles. The van der Waals surface area contributed by atoms with Crippen LogP contribution in [-0.2, 0) is 6.54 Å². The average Bonchev–Trinajstić information content (AvgIpc) is 2.25. The molecule has 4 heteroatoms. The Labute approximate surface area is 120 Å². The summed E-state index contributed by atoms with van der Waals surface area (Å²) in [6.07, 6.45) is 0.379. The molecule has 0 saturated carbocycles. The SMILES string of the molecule is CN(Cc1cc(F)cc(C#CCCO)c1)CC(C)(C)O. The van der Waals surface area contributed by atoms with Crippen LogP contribution in [0.15, 0.2) is 18.2 Å². The molecule has 1 aromatic carbocycles. The maximum absolute atomic E-state index is 13.5. The van der Waals surface area contributed by atoms with E-state index in [0.717, 1.165) is 5.56 Å². The molecular weight excluding hydrogens is 257 g/mol. The first-order valence-corrected chi connectivity index (χ1v) is 6.60. The summed E-state index contributed by atoms with van der Waals surface area (Å²) in [5, 5.41) is 18.4. The van der Waals surface area contributed by atoms with Crippen LogP contribution in [0, 0.1) is 17.7 Å². The molecule has 0 aromatic heterocycles. The van der Waals surface area contributed by atoms with Crippen molar-refractivity contribution in [2.45, 2.75) is 32.4 Å².